The Labute approximate surface area is 106 Å². The molecule has 3 unspecified atom stereocenters. The van der Waals surface area contributed by atoms with Gasteiger partial charge in [-0.05, 0) is 40.3 Å². The number of halogens is 1. The maximum Gasteiger partial charge on any atom is 0.0540 e. The lowest BCUT2D eigenvalue weighted by atomic mass is 9.78. The molecule has 0 bridgehead atoms. The Bertz CT molecular complexity index is 354. The first-order valence-electron chi connectivity index (χ1n) is 6.04. The van der Waals surface area contributed by atoms with Crippen LogP contribution in [0.4, 0.5) is 5.69 Å². The van der Waals surface area contributed by atoms with Crippen LogP contribution in [0.3, 0.4) is 0 Å². The van der Waals surface area contributed by atoms with Crippen molar-refractivity contribution in [3.8, 4) is 0 Å². The fourth-order valence-corrected chi connectivity index (χ4v) is 2.86. The van der Waals surface area contributed by atoms with Gasteiger partial charge in [-0.15, -0.1) is 0 Å². The van der Waals surface area contributed by atoms with E-state index < -0.39 is 0 Å². The molecule has 2 rings (SSSR count). The molecule has 16 heavy (non-hydrogen) atoms. The zero-order valence-electron chi connectivity index (χ0n) is 9.91. The third-order valence-electron chi connectivity index (χ3n) is 3.76. The molecule has 0 saturated heterocycles. The standard InChI is InChI=1S/C13H19BrN2/c1-9-4-3-5-13(10(9)2)16-12-6-11(14)7-15-8-12/h6-10,13,16H,3-5H2,1-2H3. The van der Waals surface area contributed by atoms with Gasteiger partial charge < -0.3 is 5.32 Å². The Morgan fingerprint density at radius 2 is 2.12 bits per heavy atom. The van der Waals surface area contributed by atoms with Crippen LogP contribution >= 0.6 is 15.9 Å². The summed E-state index contributed by atoms with van der Waals surface area (Å²) in [5.41, 5.74) is 1.13. The molecule has 0 radical (unpaired) electrons. The van der Waals surface area contributed by atoms with Gasteiger partial charge in [-0.1, -0.05) is 26.7 Å². The van der Waals surface area contributed by atoms with E-state index in [1.54, 1.807) is 0 Å². The minimum absolute atomic E-state index is 0.597. The molecule has 88 valence electrons. The first-order valence-corrected chi connectivity index (χ1v) is 6.83. The van der Waals surface area contributed by atoms with Crippen molar-refractivity contribution in [2.45, 2.75) is 39.2 Å². The Balaban J connectivity index is 2.03. The fourth-order valence-electron chi connectivity index (χ4n) is 2.49. The summed E-state index contributed by atoms with van der Waals surface area (Å²) in [5, 5.41) is 3.61. The summed E-state index contributed by atoms with van der Waals surface area (Å²) in [4.78, 5) is 4.18. The number of aromatic nitrogens is 1. The molecule has 2 nitrogen and oxygen atoms in total. The van der Waals surface area contributed by atoms with E-state index in [4.69, 9.17) is 0 Å². The zero-order valence-corrected chi connectivity index (χ0v) is 11.5. The third kappa shape index (κ3) is 2.76. The van der Waals surface area contributed by atoms with Crippen LogP contribution in [0.2, 0.25) is 0 Å². The second-order valence-corrected chi connectivity index (χ2v) is 5.83. The van der Waals surface area contributed by atoms with Crippen LogP contribution in [0.5, 0.6) is 0 Å². The Hall–Kier alpha value is -0.570. The monoisotopic (exact) mass is 282 g/mol. The van der Waals surface area contributed by atoms with Crippen LogP contribution in [-0.2, 0) is 0 Å². The molecule has 1 aliphatic rings. The van der Waals surface area contributed by atoms with Gasteiger partial charge >= 0.3 is 0 Å². The zero-order chi connectivity index (χ0) is 11.5. The topological polar surface area (TPSA) is 24.9 Å². The van der Waals surface area contributed by atoms with Gasteiger partial charge in [-0.2, -0.15) is 0 Å². The van der Waals surface area contributed by atoms with E-state index >= 15 is 0 Å². The quantitative estimate of drug-likeness (QED) is 0.884. The number of anilines is 1. The number of hydrogen-bond acceptors (Lipinski definition) is 2. The molecular formula is C13H19BrN2. The highest BCUT2D eigenvalue weighted by Crippen LogP contribution is 2.31. The third-order valence-corrected chi connectivity index (χ3v) is 4.20. The summed E-state index contributed by atoms with van der Waals surface area (Å²) in [6.45, 7) is 4.71. The van der Waals surface area contributed by atoms with E-state index in [0.717, 1.165) is 22.0 Å². The van der Waals surface area contributed by atoms with E-state index in [1.165, 1.54) is 19.3 Å². The SMILES string of the molecule is CC1CCCC(Nc2cncc(Br)c2)C1C. The summed E-state index contributed by atoms with van der Waals surface area (Å²) >= 11 is 3.45. The number of pyridine rings is 1. The lowest BCUT2D eigenvalue weighted by molar-refractivity contribution is 0.253. The molecule has 3 heteroatoms. The Morgan fingerprint density at radius 1 is 1.31 bits per heavy atom. The predicted octanol–water partition coefficient (Wildman–Crippen LogP) is 4.08. The largest absolute Gasteiger partial charge is 0.381 e. The molecule has 0 aromatic carbocycles. The highest BCUT2D eigenvalue weighted by atomic mass is 79.9. The van der Waals surface area contributed by atoms with Crippen molar-refractivity contribution in [1.82, 2.24) is 4.98 Å². The van der Waals surface area contributed by atoms with Crippen molar-refractivity contribution < 1.29 is 0 Å². The molecule has 1 saturated carbocycles. The van der Waals surface area contributed by atoms with Crippen LogP contribution in [-0.4, -0.2) is 11.0 Å². The Kier molecular flexibility index (Phi) is 3.85. The summed E-state index contributed by atoms with van der Waals surface area (Å²) in [5.74, 6) is 1.57. The van der Waals surface area contributed by atoms with E-state index in [2.05, 4.69) is 46.1 Å². The first kappa shape index (κ1) is 11.9. The van der Waals surface area contributed by atoms with E-state index in [-0.39, 0.29) is 0 Å². The smallest absolute Gasteiger partial charge is 0.0540 e. The van der Waals surface area contributed by atoms with Crippen LogP contribution in [0.15, 0.2) is 22.9 Å². The Morgan fingerprint density at radius 3 is 2.88 bits per heavy atom. The van der Waals surface area contributed by atoms with Gasteiger partial charge in [0.2, 0.25) is 0 Å². The highest BCUT2D eigenvalue weighted by molar-refractivity contribution is 9.10. The number of rotatable bonds is 2. The molecule has 0 spiro atoms. The van der Waals surface area contributed by atoms with E-state index in [0.29, 0.717) is 6.04 Å². The van der Waals surface area contributed by atoms with Gasteiger partial charge in [0.25, 0.3) is 0 Å². The molecule has 1 aromatic rings. The second kappa shape index (κ2) is 5.17. The maximum atomic E-state index is 4.18. The molecule has 1 aromatic heterocycles. The van der Waals surface area contributed by atoms with Crippen LogP contribution in [0.25, 0.3) is 0 Å². The van der Waals surface area contributed by atoms with Gasteiger partial charge in [0, 0.05) is 16.7 Å². The van der Waals surface area contributed by atoms with E-state index in [1.807, 2.05) is 12.4 Å². The highest BCUT2D eigenvalue weighted by Gasteiger charge is 2.26. The van der Waals surface area contributed by atoms with Gasteiger partial charge in [-0.3, -0.25) is 4.98 Å². The summed E-state index contributed by atoms with van der Waals surface area (Å²) in [6, 6.07) is 2.69. The number of nitrogens with zero attached hydrogens (tertiary/aromatic N) is 1. The minimum Gasteiger partial charge on any atom is -0.381 e. The van der Waals surface area contributed by atoms with Gasteiger partial charge in [-0.25, -0.2) is 0 Å². The van der Waals surface area contributed by atoms with Crippen molar-refractivity contribution in [2.24, 2.45) is 11.8 Å². The minimum atomic E-state index is 0.597. The molecule has 3 atom stereocenters. The maximum absolute atomic E-state index is 4.18. The van der Waals surface area contributed by atoms with E-state index in [9.17, 15) is 0 Å². The summed E-state index contributed by atoms with van der Waals surface area (Å²) in [6.07, 6.45) is 7.70. The summed E-state index contributed by atoms with van der Waals surface area (Å²) in [7, 11) is 0. The van der Waals surface area contributed by atoms with Crippen molar-refractivity contribution >= 4 is 21.6 Å². The lowest BCUT2D eigenvalue weighted by Gasteiger charge is -2.35. The van der Waals surface area contributed by atoms with Crippen molar-refractivity contribution in [3.63, 3.8) is 0 Å². The van der Waals surface area contributed by atoms with Crippen LogP contribution in [0, 0.1) is 11.8 Å². The number of hydrogen-bond donors (Lipinski definition) is 1. The van der Waals surface area contributed by atoms with Crippen LogP contribution < -0.4 is 5.32 Å². The molecule has 1 fully saturated rings. The molecular weight excluding hydrogens is 264 g/mol. The molecule has 1 aliphatic carbocycles. The summed E-state index contributed by atoms with van der Waals surface area (Å²) < 4.78 is 1.04. The van der Waals surface area contributed by atoms with Crippen molar-refractivity contribution in [1.29, 1.82) is 0 Å². The molecule has 1 heterocycles. The normalized spacial score (nSPS) is 30.1. The predicted molar refractivity (Wildman–Crippen MR) is 71.5 cm³/mol. The first-order chi connectivity index (χ1) is 7.66. The van der Waals surface area contributed by atoms with Gasteiger partial charge in [0.15, 0.2) is 0 Å². The van der Waals surface area contributed by atoms with Crippen LogP contribution in [0.1, 0.15) is 33.1 Å². The van der Waals surface area contributed by atoms with Gasteiger partial charge in [0.05, 0.1) is 11.9 Å². The van der Waals surface area contributed by atoms with Gasteiger partial charge in [0.1, 0.15) is 0 Å². The number of nitrogens with one attached hydrogen (secondary N) is 1. The fraction of sp³-hybridized carbons (Fsp3) is 0.615. The molecule has 0 amide bonds. The molecule has 0 aliphatic heterocycles. The lowest BCUT2D eigenvalue weighted by Crippen LogP contribution is -2.35. The second-order valence-electron chi connectivity index (χ2n) is 4.91. The average molecular weight is 283 g/mol. The van der Waals surface area contributed by atoms with Crippen molar-refractivity contribution in [2.75, 3.05) is 5.32 Å². The average Bonchev–Trinajstić information content (AvgIpc) is 2.25. The van der Waals surface area contributed by atoms with Crippen molar-refractivity contribution in [3.05, 3.63) is 22.9 Å². The molecule has 1 N–H and O–H groups in total.